The summed E-state index contributed by atoms with van der Waals surface area (Å²) in [5.74, 6) is 0. The lowest BCUT2D eigenvalue weighted by atomic mass is 9.93. The zero-order valence-electron chi connectivity index (χ0n) is 12.4. The van der Waals surface area contributed by atoms with Crippen LogP contribution in [0.1, 0.15) is 32.6 Å². The lowest BCUT2D eigenvalue weighted by Crippen LogP contribution is -2.45. The summed E-state index contributed by atoms with van der Waals surface area (Å²) in [6, 6.07) is 10.3. The van der Waals surface area contributed by atoms with Crippen molar-refractivity contribution in [1.82, 2.24) is 10.6 Å². The molecule has 2 rings (SSSR count). The summed E-state index contributed by atoms with van der Waals surface area (Å²) in [6.45, 7) is 2.75. The van der Waals surface area contributed by atoms with Gasteiger partial charge in [-0.25, -0.2) is 4.79 Å². The second kappa shape index (κ2) is 8.29. The molecule has 1 aliphatic carbocycles. The van der Waals surface area contributed by atoms with Crippen molar-refractivity contribution in [3.63, 3.8) is 0 Å². The van der Waals surface area contributed by atoms with Crippen LogP contribution in [0.4, 0.5) is 4.79 Å². The molecule has 0 bridgehead atoms. The number of hydrogen-bond donors (Lipinski definition) is 3. The van der Waals surface area contributed by atoms with Crippen molar-refractivity contribution in [2.24, 2.45) is 0 Å². The molecule has 1 aromatic carbocycles. The zero-order chi connectivity index (χ0) is 15.1. The van der Waals surface area contributed by atoms with Crippen LogP contribution in [0, 0.1) is 0 Å². The lowest BCUT2D eigenvalue weighted by Gasteiger charge is -2.26. The number of amides is 2. The summed E-state index contributed by atoms with van der Waals surface area (Å²) in [7, 11) is 0. The fourth-order valence-corrected chi connectivity index (χ4v) is 3.41. The van der Waals surface area contributed by atoms with Crippen molar-refractivity contribution in [1.29, 1.82) is 0 Å². The molecule has 0 saturated heterocycles. The van der Waals surface area contributed by atoms with Crippen molar-refractivity contribution < 1.29 is 9.90 Å². The predicted molar refractivity (Wildman–Crippen MR) is 86.6 cm³/mol. The molecule has 5 heteroatoms. The van der Waals surface area contributed by atoms with Gasteiger partial charge < -0.3 is 15.7 Å². The Balaban J connectivity index is 1.64. The number of carbonyl (C=O) groups excluding carboxylic acids is 1. The Morgan fingerprint density at radius 1 is 1.29 bits per heavy atom. The topological polar surface area (TPSA) is 61.4 Å². The first kappa shape index (κ1) is 16.2. The number of benzene rings is 1. The van der Waals surface area contributed by atoms with Gasteiger partial charge in [-0.2, -0.15) is 0 Å². The normalized spacial score (nSPS) is 23.3. The average molecular weight is 308 g/mol. The summed E-state index contributed by atoms with van der Waals surface area (Å²) >= 11 is 1.76. The molecule has 1 atom stereocenters. The summed E-state index contributed by atoms with van der Waals surface area (Å²) in [5, 5.41) is 15.7. The fraction of sp³-hybridized carbons (Fsp3) is 0.562. The molecular weight excluding hydrogens is 284 g/mol. The van der Waals surface area contributed by atoms with Crippen LogP contribution in [0.25, 0.3) is 0 Å². The van der Waals surface area contributed by atoms with Crippen LogP contribution in [0.15, 0.2) is 35.2 Å². The summed E-state index contributed by atoms with van der Waals surface area (Å²) in [5.41, 5.74) is 0. The van der Waals surface area contributed by atoms with E-state index in [9.17, 15) is 9.90 Å². The minimum atomic E-state index is -0.187. The van der Waals surface area contributed by atoms with E-state index < -0.39 is 0 Å². The van der Waals surface area contributed by atoms with E-state index in [4.69, 9.17) is 0 Å². The van der Waals surface area contributed by atoms with Crippen molar-refractivity contribution in [2.45, 2.75) is 54.9 Å². The molecule has 21 heavy (non-hydrogen) atoms. The molecule has 116 valence electrons. The molecule has 2 amide bonds. The largest absolute Gasteiger partial charge is 0.393 e. The van der Waals surface area contributed by atoms with Crippen molar-refractivity contribution >= 4 is 17.8 Å². The fourth-order valence-electron chi connectivity index (χ4n) is 2.47. The molecule has 1 aliphatic rings. The van der Waals surface area contributed by atoms with E-state index in [0.29, 0.717) is 11.8 Å². The highest BCUT2D eigenvalue weighted by Gasteiger charge is 2.20. The highest BCUT2D eigenvalue weighted by Crippen LogP contribution is 2.22. The van der Waals surface area contributed by atoms with E-state index in [1.807, 2.05) is 18.2 Å². The molecule has 0 heterocycles. The number of rotatable bonds is 5. The quantitative estimate of drug-likeness (QED) is 0.733. The first-order valence-electron chi connectivity index (χ1n) is 7.57. The van der Waals surface area contributed by atoms with Gasteiger partial charge in [0, 0.05) is 22.7 Å². The third-order valence-corrected chi connectivity index (χ3v) is 4.78. The Hall–Kier alpha value is -1.20. The van der Waals surface area contributed by atoms with Crippen LogP contribution in [0.2, 0.25) is 0 Å². The predicted octanol–water partition coefficient (Wildman–Crippen LogP) is 2.77. The van der Waals surface area contributed by atoms with Gasteiger partial charge >= 0.3 is 6.03 Å². The number of nitrogens with one attached hydrogen (secondary N) is 2. The molecule has 1 aromatic rings. The van der Waals surface area contributed by atoms with E-state index >= 15 is 0 Å². The average Bonchev–Trinajstić information content (AvgIpc) is 2.49. The van der Waals surface area contributed by atoms with Crippen LogP contribution in [0.5, 0.6) is 0 Å². The van der Waals surface area contributed by atoms with E-state index in [-0.39, 0.29) is 18.2 Å². The van der Waals surface area contributed by atoms with Gasteiger partial charge in [-0.05, 0) is 37.8 Å². The molecule has 0 spiro atoms. The number of hydrogen-bond acceptors (Lipinski definition) is 3. The minimum absolute atomic E-state index is 0.100. The van der Waals surface area contributed by atoms with E-state index in [0.717, 1.165) is 25.7 Å². The molecular formula is C16H24N2O2S. The van der Waals surface area contributed by atoms with Gasteiger partial charge in [0.15, 0.2) is 0 Å². The van der Waals surface area contributed by atoms with Gasteiger partial charge in [-0.1, -0.05) is 25.1 Å². The Labute approximate surface area is 130 Å². The number of thioether (sulfide) groups is 1. The van der Waals surface area contributed by atoms with Gasteiger partial charge in [-0.15, -0.1) is 11.8 Å². The van der Waals surface area contributed by atoms with Crippen LogP contribution in [-0.2, 0) is 0 Å². The molecule has 4 nitrogen and oxygen atoms in total. The van der Waals surface area contributed by atoms with Gasteiger partial charge in [-0.3, -0.25) is 0 Å². The van der Waals surface area contributed by atoms with Gasteiger partial charge in [0.25, 0.3) is 0 Å². The second-order valence-corrected chi connectivity index (χ2v) is 7.11. The van der Waals surface area contributed by atoms with Crippen LogP contribution in [-0.4, -0.2) is 35.1 Å². The highest BCUT2D eigenvalue weighted by molar-refractivity contribution is 8.00. The number of aliphatic hydroxyl groups excluding tert-OH is 1. The minimum Gasteiger partial charge on any atom is -0.393 e. The molecule has 0 radical (unpaired) electrons. The standard InChI is InChI=1S/C16H24N2O2S/c1-12(21-15-5-3-2-4-6-15)11-17-16(20)18-13-7-9-14(19)10-8-13/h2-6,12-14,19H,7-11H2,1H3,(H2,17,18,20). The molecule has 3 N–H and O–H groups in total. The zero-order valence-corrected chi connectivity index (χ0v) is 13.2. The highest BCUT2D eigenvalue weighted by atomic mass is 32.2. The first-order valence-corrected chi connectivity index (χ1v) is 8.45. The third kappa shape index (κ3) is 5.98. The second-order valence-electron chi connectivity index (χ2n) is 5.60. The summed E-state index contributed by atoms with van der Waals surface area (Å²) in [4.78, 5) is 13.1. The molecule has 1 saturated carbocycles. The van der Waals surface area contributed by atoms with Crippen LogP contribution >= 0.6 is 11.8 Å². The van der Waals surface area contributed by atoms with Gasteiger partial charge in [0.2, 0.25) is 0 Å². The van der Waals surface area contributed by atoms with E-state index in [1.54, 1.807) is 11.8 Å². The number of carbonyl (C=O) groups is 1. The van der Waals surface area contributed by atoms with E-state index in [2.05, 4.69) is 29.7 Å². The monoisotopic (exact) mass is 308 g/mol. The van der Waals surface area contributed by atoms with Crippen LogP contribution < -0.4 is 10.6 Å². The maximum atomic E-state index is 11.9. The van der Waals surface area contributed by atoms with Gasteiger partial charge in [0.1, 0.15) is 0 Å². The first-order chi connectivity index (χ1) is 10.1. The Kier molecular flexibility index (Phi) is 6.39. The van der Waals surface area contributed by atoms with Crippen molar-refractivity contribution in [2.75, 3.05) is 6.54 Å². The molecule has 0 aliphatic heterocycles. The summed E-state index contributed by atoms with van der Waals surface area (Å²) in [6.07, 6.45) is 3.11. The van der Waals surface area contributed by atoms with E-state index in [1.165, 1.54) is 4.90 Å². The van der Waals surface area contributed by atoms with Crippen molar-refractivity contribution in [3.8, 4) is 0 Å². The van der Waals surface area contributed by atoms with Crippen molar-refractivity contribution in [3.05, 3.63) is 30.3 Å². The molecule has 0 aromatic heterocycles. The lowest BCUT2D eigenvalue weighted by molar-refractivity contribution is 0.117. The molecule has 1 fully saturated rings. The Morgan fingerprint density at radius 2 is 1.95 bits per heavy atom. The summed E-state index contributed by atoms with van der Waals surface area (Å²) < 4.78 is 0. The maximum Gasteiger partial charge on any atom is 0.315 e. The molecule has 1 unspecified atom stereocenters. The van der Waals surface area contributed by atoms with Crippen LogP contribution in [0.3, 0.4) is 0 Å². The smallest absolute Gasteiger partial charge is 0.315 e. The number of urea groups is 1. The number of aliphatic hydroxyl groups is 1. The Morgan fingerprint density at radius 3 is 2.62 bits per heavy atom. The van der Waals surface area contributed by atoms with Gasteiger partial charge in [0.05, 0.1) is 6.10 Å². The Bertz CT molecular complexity index is 433. The maximum absolute atomic E-state index is 11.9. The SMILES string of the molecule is CC(CNC(=O)NC1CCC(O)CC1)Sc1ccccc1. The third-order valence-electron chi connectivity index (χ3n) is 3.66.